The van der Waals surface area contributed by atoms with Crippen molar-refractivity contribution >= 4 is 11.6 Å². The van der Waals surface area contributed by atoms with E-state index in [0.29, 0.717) is 22.2 Å². The molecule has 5 heteroatoms. The maximum atomic E-state index is 9.31. The molecule has 0 aromatic carbocycles. The van der Waals surface area contributed by atoms with Crippen LogP contribution < -0.4 is 4.74 Å². The zero-order valence-corrected chi connectivity index (χ0v) is 9.93. The van der Waals surface area contributed by atoms with E-state index >= 15 is 0 Å². The third kappa shape index (κ3) is 3.15. The van der Waals surface area contributed by atoms with Crippen LogP contribution in [0.2, 0.25) is 5.02 Å². The van der Waals surface area contributed by atoms with Gasteiger partial charge in [-0.25, -0.2) is 0 Å². The summed E-state index contributed by atoms with van der Waals surface area (Å²) in [5.41, 5.74) is 0.599. The largest absolute Gasteiger partial charge is 0.454 e. The van der Waals surface area contributed by atoms with E-state index in [1.807, 2.05) is 0 Å². The van der Waals surface area contributed by atoms with Crippen LogP contribution >= 0.6 is 11.6 Å². The van der Waals surface area contributed by atoms with Crippen molar-refractivity contribution in [3.63, 3.8) is 0 Å². The molecular weight excluding hydrogens is 240 g/mol. The molecule has 1 unspecified atom stereocenters. The number of aromatic nitrogens is 2. The summed E-state index contributed by atoms with van der Waals surface area (Å²) in [6.07, 6.45) is 4.05. The number of hydrogen-bond donors (Lipinski definition) is 1. The first kappa shape index (κ1) is 11.8. The van der Waals surface area contributed by atoms with Crippen molar-refractivity contribution < 1.29 is 9.84 Å². The van der Waals surface area contributed by atoms with E-state index in [4.69, 9.17) is 16.3 Å². The fourth-order valence-electron chi connectivity index (χ4n) is 1.28. The van der Waals surface area contributed by atoms with Gasteiger partial charge in [0.05, 0.1) is 29.2 Å². The monoisotopic (exact) mass is 250 g/mol. The summed E-state index contributed by atoms with van der Waals surface area (Å²) in [6.45, 7) is 1.66. The summed E-state index contributed by atoms with van der Waals surface area (Å²) < 4.78 is 5.50. The fraction of sp³-hybridized carbons (Fsp3) is 0.167. The van der Waals surface area contributed by atoms with Crippen LogP contribution in [0.5, 0.6) is 11.5 Å². The van der Waals surface area contributed by atoms with Gasteiger partial charge in [-0.15, -0.1) is 0 Å². The van der Waals surface area contributed by atoms with Crippen molar-refractivity contribution in [2.45, 2.75) is 13.0 Å². The van der Waals surface area contributed by atoms with Crippen LogP contribution in [0.4, 0.5) is 0 Å². The van der Waals surface area contributed by atoms with Crippen LogP contribution in [-0.4, -0.2) is 15.1 Å². The molecule has 2 aromatic rings. The highest BCUT2D eigenvalue weighted by molar-refractivity contribution is 6.30. The standard InChI is InChI=1S/C12H11ClN2O2/c1-8(16)12-3-2-10(7-15-12)17-11-4-9(13)5-14-6-11/h2-8,16H,1H3. The maximum absolute atomic E-state index is 9.31. The third-order valence-corrected chi connectivity index (χ3v) is 2.31. The normalized spacial score (nSPS) is 12.2. The summed E-state index contributed by atoms with van der Waals surface area (Å²) in [5, 5.41) is 9.82. The van der Waals surface area contributed by atoms with E-state index in [0.717, 1.165) is 0 Å². The van der Waals surface area contributed by atoms with Crippen molar-refractivity contribution in [2.75, 3.05) is 0 Å². The van der Waals surface area contributed by atoms with Crippen molar-refractivity contribution in [2.24, 2.45) is 0 Å². The first-order valence-electron chi connectivity index (χ1n) is 5.07. The Labute approximate surface area is 104 Å². The molecule has 0 saturated carbocycles. The minimum atomic E-state index is -0.586. The van der Waals surface area contributed by atoms with Gasteiger partial charge < -0.3 is 9.84 Å². The molecule has 0 radical (unpaired) electrons. The lowest BCUT2D eigenvalue weighted by molar-refractivity contribution is 0.194. The number of ether oxygens (including phenoxy) is 1. The smallest absolute Gasteiger partial charge is 0.147 e. The number of pyridine rings is 2. The molecule has 0 bridgehead atoms. The number of nitrogens with zero attached hydrogens (tertiary/aromatic N) is 2. The number of halogens is 1. The van der Waals surface area contributed by atoms with Gasteiger partial charge in [0.15, 0.2) is 0 Å². The highest BCUT2D eigenvalue weighted by atomic mass is 35.5. The Morgan fingerprint density at radius 1 is 1.24 bits per heavy atom. The van der Waals surface area contributed by atoms with Crippen LogP contribution in [0.25, 0.3) is 0 Å². The second kappa shape index (κ2) is 5.12. The lowest BCUT2D eigenvalue weighted by atomic mass is 10.2. The molecule has 2 heterocycles. The Kier molecular flexibility index (Phi) is 3.56. The number of hydrogen-bond acceptors (Lipinski definition) is 4. The average molecular weight is 251 g/mol. The van der Waals surface area contributed by atoms with Gasteiger partial charge >= 0.3 is 0 Å². The SMILES string of the molecule is CC(O)c1ccc(Oc2cncc(Cl)c2)cn1. The average Bonchev–Trinajstić information content (AvgIpc) is 2.29. The molecule has 88 valence electrons. The third-order valence-electron chi connectivity index (χ3n) is 2.10. The fourth-order valence-corrected chi connectivity index (χ4v) is 1.45. The van der Waals surface area contributed by atoms with E-state index in [9.17, 15) is 5.11 Å². The Morgan fingerprint density at radius 3 is 2.65 bits per heavy atom. The minimum absolute atomic E-state index is 0.510. The summed E-state index contributed by atoms with van der Waals surface area (Å²) in [6, 6.07) is 5.10. The molecule has 0 amide bonds. The van der Waals surface area contributed by atoms with E-state index in [-0.39, 0.29) is 0 Å². The van der Waals surface area contributed by atoms with E-state index < -0.39 is 6.10 Å². The molecule has 1 atom stereocenters. The number of aliphatic hydroxyl groups is 1. The van der Waals surface area contributed by atoms with Crippen molar-refractivity contribution in [3.8, 4) is 11.5 Å². The number of aliphatic hydroxyl groups excluding tert-OH is 1. The van der Waals surface area contributed by atoms with Crippen LogP contribution in [0.3, 0.4) is 0 Å². The molecule has 17 heavy (non-hydrogen) atoms. The van der Waals surface area contributed by atoms with Gasteiger partial charge in [0.2, 0.25) is 0 Å². The van der Waals surface area contributed by atoms with Gasteiger partial charge in [-0.05, 0) is 19.1 Å². The van der Waals surface area contributed by atoms with Crippen LogP contribution in [0.15, 0.2) is 36.8 Å². The molecule has 0 fully saturated rings. The van der Waals surface area contributed by atoms with Gasteiger partial charge in [-0.2, -0.15) is 0 Å². The zero-order valence-electron chi connectivity index (χ0n) is 9.17. The Balaban J connectivity index is 2.14. The molecule has 1 N–H and O–H groups in total. The molecule has 4 nitrogen and oxygen atoms in total. The quantitative estimate of drug-likeness (QED) is 0.910. The summed E-state index contributed by atoms with van der Waals surface area (Å²) in [4.78, 5) is 7.98. The second-order valence-corrected chi connectivity index (χ2v) is 3.97. The molecule has 0 aliphatic carbocycles. The lowest BCUT2D eigenvalue weighted by Crippen LogP contribution is -1.95. The minimum Gasteiger partial charge on any atom is -0.454 e. The van der Waals surface area contributed by atoms with E-state index in [1.54, 1.807) is 37.5 Å². The molecule has 0 spiro atoms. The van der Waals surface area contributed by atoms with Crippen molar-refractivity contribution in [3.05, 3.63) is 47.5 Å². The van der Waals surface area contributed by atoms with Crippen LogP contribution in [0, 0.1) is 0 Å². The first-order chi connectivity index (χ1) is 8.15. The second-order valence-electron chi connectivity index (χ2n) is 3.54. The van der Waals surface area contributed by atoms with Crippen LogP contribution in [-0.2, 0) is 0 Å². The summed E-state index contributed by atoms with van der Waals surface area (Å²) >= 11 is 5.79. The molecule has 0 aliphatic rings. The molecular formula is C12H11ClN2O2. The Bertz CT molecular complexity index is 500. The van der Waals surface area contributed by atoms with E-state index in [2.05, 4.69) is 9.97 Å². The van der Waals surface area contributed by atoms with Crippen molar-refractivity contribution in [1.82, 2.24) is 9.97 Å². The topological polar surface area (TPSA) is 55.2 Å². The Morgan fingerprint density at radius 2 is 2.06 bits per heavy atom. The Hall–Kier alpha value is -1.65. The van der Waals surface area contributed by atoms with Gasteiger partial charge in [-0.3, -0.25) is 9.97 Å². The van der Waals surface area contributed by atoms with Crippen LogP contribution in [0.1, 0.15) is 18.7 Å². The molecule has 2 aromatic heterocycles. The highest BCUT2D eigenvalue weighted by Gasteiger charge is 2.03. The van der Waals surface area contributed by atoms with E-state index in [1.165, 1.54) is 6.20 Å². The predicted molar refractivity (Wildman–Crippen MR) is 64.2 cm³/mol. The van der Waals surface area contributed by atoms with Gasteiger partial charge in [0.1, 0.15) is 11.5 Å². The molecule has 0 aliphatic heterocycles. The molecule has 2 rings (SSSR count). The summed E-state index contributed by atoms with van der Waals surface area (Å²) in [7, 11) is 0. The highest BCUT2D eigenvalue weighted by Crippen LogP contribution is 2.23. The summed E-state index contributed by atoms with van der Waals surface area (Å²) in [5.74, 6) is 1.11. The number of rotatable bonds is 3. The van der Waals surface area contributed by atoms with Crippen molar-refractivity contribution in [1.29, 1.82) is 0 Å². The van der Waals surface area contributed by atoms with Gasteiger partial charge in [0, 0.05) is 12.3 Å². The lowest BCUT2D eigenvalue weighted by Gasteiger charge is -2.07. The zero-order chi connectivity index (χ0) is 12.3. The first-order valence-corrected chi connectivity index (χ1v) is 5.45. The maximum Gasteiger partial charge on any atom is 0.147 e. The predicted octanol–water partition coefficient (Wildman–Crippen LogP) is 2.98. The molecule has 0 saturated heterocycles. The van der Waals surface area contributed by atoms with Gasteiger partial charge in [-0.1, -0.05) is 11.6 Å². The van der Waals surface area contributed by atoms with Gasteiger partial charge in [0.25, 0.3) is 0 Å².